The number of hydrogen-bond acceptors (Lipinski definition) is 4. The fourth-order valence-electron chi connectivity index (χ4n) is 1.42. The van der Waals surface area contributed by atoms with Gasteiger partial charge in [-0.05, 0) is 18.2 Å². The Balaban J connectivity index is 2.88. The minimum atomic E-state index is -1.39. The van der Waals surface area contributed by atoms with E-state index in [0.29, 0.717) is 4.90 Å². The van der Waals surface area contributed by atoms with Crippen LogP contribution in [0.1, 0.15) is 5.56 Å². The van der Waals surface area contributed by atoms with E-state index in [1.54, 1.807) is 6.07 Å². The number of nitrogens with one attached hydrogen (secondary N) is 1. The molecule has 8 nitrogen and oxygen atoms in total. The first-order chi connectivity index (χ1) is 9.83. The number of carbonyl (C=O) groups is 3. The lowest BCUT2D eigenvalue weighted by atomic mass is 10.2. The van der Waals surface area contributed by atoms with E-state index in [0.717, 1.165) is 18.2 Å². The van der Waals surface area contributed by atoms with Crippen LogP contribution in [-0.4, -0.2) is 46.2 Å². The molecule has 0 aliphatic carbocycles. The van der Waals surface area contributed by atoms with E-state index >= 15 is 0 Å². The molecule has 0 spiro atoms. The molecule has 0 heterocycles. The van der Waals surface area contributed by atoms with Crippen LogP contribution >= 0.6 is 0 Å². The van der Waals surface area contributed by atoms with Crippen molar-refractivity contribution in [2.45, 2.75) is 0 Å². The fourth-order valence-corrected chi connectivity index (χ4v) is 1.42. The largest absolute Gasteiger partial charge is 0.480 e. The van der Waals surface area contributed by atoms with Gasteiger partial charge < -0.3 is 20.4 Å². The Morgan fingerprint density at radius 2 is 1.81 bits per heavy atom. The van der Waals surface area contributed by atoms with E-state index in [1.807, 2.05) is 0 Å². The summed E-state index contributed by atoms with van der Waals surface area (Å²) in [6, 6.07) is 3.74. The summed E-state index contributed by atoms with van der Waals surface area (Å²) < 4.78 is 13.1. The molecule has 21 heavy (non-hydrogen) atoms. The highest BCUT2D eigenvalue weighted by Crippen LogP contribution is 2.14. The standard InChI is InChI=1S/C12H10FN3O5/c13-9-2-1-8(3-7(9)4-14)15-12(21)16(5-10(17)18)6-11(19)20/h1-3H,5-6H2,(H,15,21)(H,17,18)(H,19,20). The molecule has 0 aliphatic rings. The third kappa shape index (κ3) is 4.79. The van der Waals surface area contributed by atoms with Gasteiger partial charge in [-0.3, -0.25) is 9.59 Å². The van der Waals surface area contributed by atoms with Crippen LogP contribution in [-0.2, 0) is 9.59 Å². The summed E-state index contributed by atoms with van der Waals surface area (Å²) in [5, 5.41) is 28.1. The second-order valence-corrected chi connectivity index (χ2v) is 3.88. The Kier molecular flexibility index (Phi) is 5.19. The number of anilines is 1. The van der Waals surface area contributed by atoms with Gasteiger partial charge in [-0.1, -0.05) is 0 Å². The van der Waals surface area contributed by atoms with Crippen LogP contribution in [0.5, 0.6) is 0 Å². The first-order valence-corrected chi connectivity index (χ1v) is 5.52. The zero-order valence-electron chi connectivity index (χ0n) is 10.5. The highest BCUT2D eigenvalue weighted by Gasteiger charge is 2.20. The first kappa shape index (κ1) is 15.9. The molecule has 1 aromatic rings. The number of urea groups is 1. The summed E-state index contributed by atoms with van der Waals surface area (Å²) in [5.41, 5.74) is -0.269. The number of carboxylic acids is 2. The lowest BCUT2D eigenvalue weighted by Crippen LogP contribution is -2.41. The van der Waals surface area contributed by atoms with Gasteiger partial charge in [0.05, 0.1) is 5.56 Å². The zero-order chi connectivity index (χ0) is 16.0. The van der Waals surface area contributed by atoms with Crippen molar-refractivity contribution in [2.75, 3.05) is 18.4 Å². The van der Waals surface area contributed by atoms with Gasteiger partial charge in [-0.15, -0.1) is 0 Å². The van der Waals surface area contributed by atoms with Gasteiger partial charge in [-0.25, -0.2) is 9.18 Å². The van der Waals surface area contributed by atoms with Crippen molar-refractivity contribution in [1.29, 1.82) is 5.26 Å². The van der Waals surface area contributed by atoms with Gasteiger partial charge in [-0.2, -0.15) is 5.26 Å². The normalized spacial score (nSPS) is 9.52. The maximum atomic E-state index is 13.1. The zero-order valence-corrected chi connectivity index (χ0v) is 10.5. The van der Waals surface area contributed by atoms with Crippen molar-refractivity contribution in [2.24, 2.45) is 0 Å². The van der Waals surface area contributed by atoms with Crippen LogP contribution < -0.4 is 5.32 Å². The lowest BCUT2D eigenvalue weighted by Gasteiger charge is -2.19. The number of aliphatic carboxylic acids is 2. The quantitative estimate of drug-likeness (QED) is 0.732. The number of nitrogens with zero attached hydrogens (tertiary/aromatic N) is 2. The Hall–Kier alpha value is -3.15. The van der Waals surface area contributed by atoms with Gasteiger partial charge in [0.2, 0.25) is 0 Å². The highest BCUT2D eigenvalue weighted by molar-refractivity contribution is 5.93. The number of benzene rings is 1. The van der Waals surface area contributed by atoms with Crippen molar-refractivity contribution in [3.8, 4) is 6.07 Å². The van der Waals surface area contributed by atoms with E-state index in [1.165, 1.54) is 0 Å². The van der Waals surface area contributed by atoms with Crippen molar-refractivity contribution >= 4 is 23.7 Å². The van der Waals surface area contributed by atoms with Gasteiger partial charge in [0.15, 0.2) is 0 Å². The monoisotopic (exact) mass is 295 g/mol. The molecule has 1 rings (SSSR count). The second-order valence-electron chi connectivity index (χ2n) is 3.88. The van der Waals surface area contributed by atoms with Crippen LogP contribution in [0.2, 0.25) is 0 Å². The molecule has 0 saturated heterocycles. The van der Waals surface area contributed by atoms with E-state index < -0.39 is 36.9 Å². The van der Waals surface area contributed by atoms with Crippen LogP contribution in [0, 0.1) is 17.1 Å². The van der Waals surface area contributed by atoms with Crippen molar-refractivity contribution in [3.63, 3.8) is 0 Å². The smallest absolute Gasteiger partial charge is 0.323 e. The SMILES string of the molecule is N#Cc1cc(NC(=O)N(CC(=O)O)CC(=O)O)ccc1F. The maximum absolute atomic E-state index is 13.1. The number of hydrogen-bond donors (Lipinski definition) is 3. The first-order valence-electron chi connectivity index (χ1n) is 5.52. The third-order valence-electron chi connectivity index (χ3n) is 2.28. The Morgan fingerprint density at radius 3 is 2.29 bits per heavy atom. The van der Waals surface area contributed by atoms with Crippen LogP contribution in [0.25, 0.3) is 0 Å². The van der Waals surface area contributed by atoms with Gasteiger partial charge >= 0.3 is 18.0 Å². The summed E-state index contributed by atoms with van der Waals surface area (Å²) in [5.74, 6) is -3.55. The molecule has 0 atom stereocenters. The number of carboxylic acid groups (broad SMARTS) is 2. The fraction of sp³-hybridized carbons (Fsp3) is 0.167. The summed E-state index contributed by atoms with van der Waals surface area (Å²) in [6.45, 7) is -1.63. The lowest BCUT2D eigenvalue weighted by molar-refractivity contribution is -0.140. The van der Waals surface area contributed by atoms with Crippen molar-refractivity contribution in [3.05, 3.63) is 29.6 Å². The van der Waals surface area contributed by atoms with E-state index in [9.17, 15) is 18.8 Å². The number of amides is 2. The molecular weight excluding hydrogens is 285 g/mol. The molecule has 0 aromatic heterocycles. The molecule has 9 heteroatoms. The third-order valence-corrected chi connectivity index (χ3v) is 2.28. The summed E-state index contributed by atoms with van der Waals surface area (Å²) >= 11 is 0. The molecule has 0 radical (unpaired) electrons. The molecule has 0 fully saturated rings. The van der Waals surface area contributed by atoms with Gasteiger partial charge in [0, 0.05) is 5.69 Å². The van der Waals surface area contributed by atoms with E-state index in [2.05, 4.69) is 5.32 Å². The topological polar surface area (TPSA) is 131 Å². The van der Waals surface area contributed by atoms with Gasteiger partial charge in [0.25, 0.3) is 0 Å². The van der Waals surface area contributed by atoms with Crippen molar-refractivity contribution < 1.29 is 29.0 Å². The minimum absolute atomic E-state index is 0.0405. The number of nitriles is 1. The molecule has 3 N–H and O–H groups in total. The average Bonchev–Trinajstić information content (AvgIpc) is 2.39. The van der Waals surface area contributed by atoms with Crippen LogP contribution in [0.3, 0.4) is 0 Å². The minimum Gasteiger partial charge on any atom is -0.480 e. The average molecular weight is 295 g/mol. The van der Waals surface area contributed by atoms with Crippen LogP contribution in [0.4, 0.5) is 14.9 Å². The molecule has 0 unspecified atom stereocenters. The molecular formula is C12H10FN3O5. The second kappa shape index (κ2) is 6.85. The maximum Gasteiger partial charge on any atom is 0.323 e. The molecule has 0 bridgehead atoms. The predicted octanol–water partition coefficient (Wildman–Crippen LogP) is 0.700. The molecule has 2 amide bonds. The predicted molar refractivity (Wildman–Crippen MR) is 67.0 cm³/mol. The Bertz CT molecular complexity index is 610. The van der Waals surface area contributed by atoms with Gasteiger partial charge in [0.1, 0.15) is 25.0 Å². The summed E-state index contributed by atoms with van der Waals surface area (Å²) in [7, 11) is 0. The molecule has 110 valence electrons. The number of halogens is 1. The van der Waals surface area contributed by atoms with E-state index in [-0.39, 0.29) is 11.3 Å². The van der Waals surface area contributed by atoms with Crippen molar-refractivity contribution in [1.82, 2.24) is 4.90 Å². The van der Waals surface area contributed by atoms with Crippen LogP contribution in [0.15, 0.2) is 18.2 Å². The summed E-state index contributed by atoms with van der Waals surface area (Å²) in [6.07, 6.45) is 0. The molecule has 0 aliphatic heterocycles. The number of carbonyl (C=O) groups excluding carboxylic acids is 1. The molecule has 1 aromatic carbocycles. The Labute approximate surface area is 118 Å². The summed E-state index contributed by atoms with van der Waals surface area (Å²) in [4.78, 5) is 33.5. The Morgan fingerprint density at radius 1 is 1.24 bits per heavy atom. The van der Waals surface area contributed by atoms with E-state index in [4.69, 9.17) is 15.5 Å². The highest BCUT2D eigenvalue weighted by atomic mass is 19.1. The molecule has 0 saturated carbocycles. The number of rotatable bonds is 5.